The fourth-order valence-corrected chi connectivity index (χ4v) is 3.25. The van der Waals surface area contributed by atoms with Crippen LogP contribution in [0.4, 0.5) is 5.69 Å². The number of hydrogen-bond donors (Lipinski definition) is 1. The molecule has 0 radical (unpaired) electrons. The van der Waals surface area contributed by atoms with Crippen LogP contribution in [0.3, 0.4) is 0 Å². The Morgan fingerprint density at radius 3 is 2.79 bits per heavy atom. The average molecular weight is 402 g/mol. The lowest BCUT2D eigenvalue weighted by molar-refractivity contribution is -0.123. The maximum absolute atomic E-state index is 11.9. The Morgan fingerprint density at radius 1 is 1.21 bits per heavy atom. The van der Waals surface area contributed by atoms with Gasteiger partial charge in [0.05, 0.1) is 13.3 Å². The average Bonchev–Trinajstić information content (AvgIpc) is 2.73. The minimum atomic E-state index is -0.361. The van der Waals surface area contributed by atoms with Crippen molar-refractivity contribution in [2.45, 2.75) is 19.3 Å². The minimum Gasteiger partial charge on any atom is -0.496 e. The second kappa shape index (κ2) is 9.99. The van der Waals surface area contributed by atoms with Crippen LogP contribution in [0.2, 0.25) is 5.02 Å². The fraction of sp³-hybridized carbons (Fsp3) is 0.333. The van der Waals surface area contributed by atoms with Crippen molar-refractivity contribution in [1.29, 1.82) is 0 Å². The predicted molar refractivity (Wildman–Crippen MR) is 112 cm³/mol. The smallest absolute Gasteiger partial charge is 0.277 e. The van der Waals surface area contributed by atoms with E-state index in [2.05, 4.69) is 21.5 Å². The van der Waals surface area contributed by atoms with Gasteiger partial charge in [-0.05, 0) is 49.6 Å². The summed E-state index contributed by atoms with van der Waals surface area (Å²) in [6.45, 7) is 1.99. The zero-order chi connectivity index (χ0) is 19.8. The van der Waals surface area contributed by atoms with Crippen molar-refractivity contribution in [3.63, 3.8) is 0 Å². The number of rotatable bonds is 7. The maximum Gasteiger partial charge on any atom is 0.277 e. The Hall–Kier alpha value is -2.73. The molecule has 1 heterocycles. The topological polar surface area (TPSA) is 63.2 Å². The predicted octanol–water partition coefficient (Wildman–Crippen LogP) is 3.87. The number of hydrogen-bond acceptors (Lipinski definition) is 5. The van der Waals surface area contributed by atoms with Crippen molar-refractivity contribution >= 4 is 29.4 Å². The van der Waals surface area contributed by atoms with Crippen LogP contribution in [0.25, 0.3) is 0 Å². The van der Waals surface area contributed by atoms with Gasteiger partial charge in [-0.2, -0.15) is 5.10 Å². The van der Waals surface area contributed by atoms with Crippen LogP contribution in [0.1, 0.15) is 24.8 Å². The number of nitrogens with one attached hydrogen (secondary N) is 1. The Kier molecular flexibility index (Phi) is 7.14. The Balaban J connectivity index is 1.54. The molecule has 0 bridgehead atoms. The molecule has 1 amide bonds. The van der Waals surface area contributed by atoms with Crippen molar-refractivity contribution in [2.24, 2.45) is 5.10 Å². The van der Waals surface area contributed by atoms with E-state index in [-0.39, 0.29) is 12.5 Å². The SMILES string of the molecule is COc1cc(N2CCCCC2)ccc1/C=N/NC(=O)COc1cccc(Cl)c1. The third-order valence-electron chi connectivity index (χ3n) is 4.50. The fourth-order valence-electron chi connectivity index (χ4n) is 3.07. The Labute approximate surface area is 170 Å². The molecule has 3 rings (SSSR count). The van der Waals surface area contributed by atoms with Crippen molar-refractivity contribution in [3.05, 3.63) is 53.1 Å². The van der Waals surface area contributed by atoms with Crippen molar-refractivity contribution < 1.29 is 14.3 Å². The van der Waals surface area contributed by atoms with Crippen molar-refractivity contribution in [1.82, 2.24) is 5.43 Å². The molecule has 1 saturated heterocycles. The molecule has 0 saturated carbocycles. The first kappa shape index (κ1) is 20.0. The first-order valence-corrected chi connectivity index (χ1v) is 9.67. The first-order chi connectivity index (χ1) is 13.7. The molecule has 0 unspecified atom stereocenters. The van der Waals surface area contributed by atoms with E-state index in [0.717, 1.165) is 30.1 Å². The van der Waals surface area contributed by atoms with Gasteiger partial charge in [-0.3, -0.25) is 4.79 Å². The molecule has 0 aliphatic carbocycles. The lowest BCUT2D eigenvalue weighted by Gasteiger charge is -2.29. The molecule has 0 spiro atoms. The van der Waals surface area contributed by atoms with Gasteiger partial charge in [0.2, 0.25) is 0 Å². The number of piperidine rings is 1. The van der Waals surface area contributed by atoms with Crippen molar-refractivity contribution in [2.75, 3.05) is 31.7 Å². The van der Waals surface area contributed by atoms with Gasteiger partial charge in [0.1, 0.15) is 11.5 Å². The highest BCUT2D eigenvalue weighted by Crippen LogP contribution is 2.26. The van der Waals surface area contributed by atoms with E-state index in [1.165, 1.54) is 19.3 Å². The van der Waals surface area contributed by atoms with Crippen LogP contribution in [-0.4, -0.2) is 38.9 Å². The van der Waals surface area contributed by atoms with E-state index in [1.54, 1.807) is 37.6 Å². The number of amides is 1. The van der Waals surface area contributed by atoms with E-state index in [1.807, 2.05) is 12.1 Å². The first-order valence-electron chi connectivity index (χ1n) is 9.29. The number of benzene rings is 2. The van der Waals surface area contributed by atoms with E-state index in [4.69, 9.17) is 21.1 Å². The number of hydrazone groups is 1. The lowest BCUT2D eigenvalue weighted by atomic mass is 10.1. The maximum atomic E-state index is 11.9. The third kappa shape index (κ3) is 5.63. The zero-order valence-corrected chi connectivity index (χ0v) is 16.6. The summed E-state index contributed by atoms with van der Waals surface area (Å²) in [5, 5.41) is 4.55. The monoisotopic (exact) mass is 401 g/mol. The van der Waals surface area contributed by atoms with E-state index in [0.29, 0.717) is 10.8 Å². The van der Waals surface area contributed by atoms with Gasteiger partial charge in [0, 0.05) is 35.4 Å². The molecule has 2 aromatic rings. The highest BCUT2D eigenvalue weighted by atomic mass is 35.5. The standard InChI is InChI=1S/C21H24ClN3O3/c1-27-20-13-18(25-10-3-2-4-11-25)9-8-16(20)14-23-24-21(26)15-28-19-7-5-6-17(22)12-19/h5-9,12-14H,2-4,10-11,15H2,1H3,(H,24,26)/b23-14+. The summed E-state index contributed by atoms with van der Waals surface area (Å²) in [5.41, 5.74) is 4.39. The minimum absolute atomic E-state index is 0.150. The molecule has 0 aromatic heterocycles. The van der Waals surface area contributed by atoms with Crippen LogP contribution in [-0.2, 0) is 4.79 Å². The number of anilines is 1. The summed E-state index contributed by atoms with van der Waals surface area (Å²) < 4.78 is 10.9. The second-order valence-electron chi connectivity index (χ2n) is 6.51. The van der Waals surface area contributed by atoms with Crippen LogP contribution in [0, 0.1) is 0 Å². The van der Waals surface area contributed by atoms with E-state index >= 15 is 0 Å². The number of ether oxygens (including phenoxy) is 2. The molecule has 0 atom stereocenters. The van der Waals surface area contributed by atoms with E-state index in [9.17, 15) is 4.79 Å². The van der Waals surface area contributed by atoms with Crippen LogP contribution < -0.4 is 19.8 Å². The van der Waals surface area contributed by atoms with Crippen LogP contribution in [0.5, 0.6) is 11.5 Å². The summed E-state index contributed by atoms with van der Waals surface area (Å²) in [7, 11) is 1.63. The molecular formula is C21H24ClN3O3. The molecule has 6 nitrogen and oxygen atoms in total. The van der Waals surface area contributed by atoms with Crippen LogP contribution >= 0.6 is 11.6 Å². The molecule has 1 N–H and O–H groups in total. The number of carbonyl (C=O) groups excluding carboxylic acids is 1. The van der Waals surface area contributed by atoms with Gasteiger partial charge >= 0.3 is 0 Å². The normalized spacial score (nSPS) is 14.1. The molecular weight excluding hydrogens is 378 g/mol. The quantitative estimate of drug-likeness (QED) is 0.565. The van der Waals surface area contributed by atoms with Gasteiger partial charge in [-0.15, -0.1) is 0 Å². The molecule has 2 aromatic carbocycles. The number of methoxy groups -OCH3 is 1. The molecule has 7 heteroatoms. The van der Waals surface area contributed by atoms with E-state index < -0.39 is 0 Å². The largest absolute Gasteiger partial charge is 0.496 e. The number of nitrogens with zero attached hydrogens (tertiary/aromatic N) is 2. The highest BCUT2D eigenvalue weighted by molar-refractivity contribution is 6.30. The number of carbonyl (C=O) groups is 1. The Bertz CT molecular complexity index is 835. The highest BCUT2D eigenvalue weighted by Gasteiger charge is 2.13. The third-order valence-corrected chi connectivity index (χ3v) is 4.73. The number of halogens is 1. The molecule has 28 heavy (non-hydrogen) atoms. The molecule has 1 aliphatic rings. The summed E-state index contributed by atoms with van der Waals surface area (Å²) >= 11 is 5.88. The lowest BCUT2D eigenvalue weighted by Crippen LogP contribution is -2.29. The summed E-state index contributed by atoms with van der Waals surface area (Å²) in [4.78, 5) is 14.2. The molecule has 1 aliphatic heterocycles. The summed E-state index contributed by atoms with van der Waals surface area (Å²) in [6, 6.07) is 12.9. The zero-order valence-electron chi connectivity index (χ0n) is 15.9. The van der Waals surface area contributed by atoms with Crippen LogP contribution in [0.15, 0.2) is 47.6 Å². The Morgan fingerprint density at radius 2 is 2.04 bits per heavy atom. The van der Waals surface area contributed by atoms with Gasteiger partial charge in [0.15, 0.2) is 6.61 Å². The van der Waals surface area contributed by atoms with Gasteiger partial charge < -0.3 is 14.4 Å². The second-order valence-corrected chi connectivity index (χ2v) is 6.95. The summed E-state index contributed by atoms with van der Waals surface area (Å²) in [6.07, 6.45) is 5.29. The van der Waals surface area contributed by atoms with Gasteiger partial charge in [-0.25, -0.2) is 5.43 Å². The molecule has 148 valence electrons. The van der Waals surface area contributed by atoms with Crippen molar-refractivity contribution in [3.8, 4) is 11.5 Å². The molecule has 1 fully saturated rings. The van der Waals surface area contributed by atoms with Gasteiger partial charge in [-0.1, -0.05) is 17.7 Å². The summed E-state index contributed by atoms with van der Waals surface area (Å²) in [5.74, 6) is 0.887. The van der Waals surface area contributed by atoms with Gasteiger partial charge in [0.25, 0.3) is 5.91 Å².